The number of nitrogens with one attached hydrogen (secondary N) is 1. The average Bonchev–Trinajstić information content (AvgIpc) is 3.06. The van der Waals surface area contributed by atoms with E-state index in [-0.39, 0.29) is 5.91 Å². The lowest BCUT2D eigenvalue weighted by Crippen LogP contribution is -2.08. The predicted molar refractivity (Wildman–Crippen MR) is 89.1 cm³/mol. The minimum absolute atomic E-state index is 0.0273. The Morgan fingerprint density at radius 1 is 1.09 bits per heavy atom. The molecule has 3 rings (SSSR count). The minimum Gasteiger partial charge on any atom is -0.334 e. The van der Waals surface area contributed by atoms with Crippen molar-refractivity contribution in [2.45, 2.75) is 13.3 Å². The number of hydrogen-bond acceptors (Lipinski definition) is 4. The fourth-order valence-corrected chi connectivity index (χ4v) is 2.13. The molecule has 0 unspecified atom stereocenters. The van der Waals surface area contributed by atoms with Crippen LogP contribution in [0, 0.1) is 0 Å². The summed E-state index contributed by atoms with van der Waals surface area (Å²) in [4.78, 5) is 15.7. The number of rotatable bonds is 4. The van der Waals surface area contributed by atoms with Gasteiger partial charge in [-0.1, -0.05) is 23.7 Å². The highest BCUT2D eigenvalue weighted by molar-refractivity contribution is 6.30. The fourth-order valence-electron chi connectivity index (χ4n) is 2.00. The van der Waals surface area contributed by atoms with E-state index in [1.165, 1.54) is 0 Å². The maximum Gasteiger partial charge on any atom is 0.258 e. The van der Waals surface area contributed by atoms with E-state index < -0.39 is 0 Å². The molecular formula is C17H14ClN3O2. The largest absolute Gasteiger partial charge is 0.334 e. The monoisotopic (exact) mass is 327 g/mol. The number of anilines is 1. The molecule has 0 fully saturated rings. The summed E-state index contributed by atoms with van der Waals surface area (Å²) in [5, 5.41) is 7.42. The molecule has 0 spiro atoms. The SMILES string of the molecule is CCC(=O)Nc1ccc(-c2nc(-c3ccc(Cl)cc3)no2)cc1. The third-order valence-corrected chi connectivity index (χ3v) is 3.52. The van der Waals surface area contributed by atoms with Gasteiger partial charge in [0, 0.05) is 28.3 Å². The van der Waals surface area contributed by atoms with Gasteiger partial charge in [-0.25, -0.2) is 0 Å². The Morgan fingerprint density at radius 2 is 1.74 bits per heavy atom. The van der Waals surface area contributed by atoms with E-state index >= 15 is 0 Å². The van der Waals surface area contributed by atoms with Crippen molar-refractivity contribution < 1.29 is 9.32 Å². The Labute approximate surface area is 138 Å². The number of nitrogens with zero attached hydrogens (tertiary/aromatic N) is 2. The molecule has 0 saturated carbocycles. The number of carbonyl (C=O) groups excluding carboxylic acids is 1. The van der Waals surface area contributed by atoms with Gasteiger partial charge < -0.3 is 9.84 Å². The Kier molecular flexibility index (Phi) is 4.39. The first kappa shape index (κ1) is 15.2. The van der Waals surface area contributed by atoms with Crippen molar-refractivity contribution in [3.63, 3.8) is 0 Å². The van der Waals surface area contributed by atoms with Crippen LogP contribution >= 0.6 is 11.6 Å². The molecular weight excluding hydrogens is 314 g/mol. The van der Waals surface area contributed by atoms with Crippen LogP contribution in [0.25, 0.3) is 22.8 Å². The van der Waals surface area contributed by atoms with Gasteiger partial charge in [-0.3, -0.25) is 4.79 Å². The maximum absolute atomic E-state index is 11.4. The van der Waals surface area contributed by atoms with Crippen LogP contribution in [0.1, 0.15) is 13.3 Å². The third kappa shape index (κ3) is 3.57. The normalized spacial score (nSPS) is 10.5. The van der Waals surface area contributed by atoms with Crippen molar-refractivity contribution in [3.8, 4) is 22.8 Å². The first-order valence-corrected chi connectivity index (χ1v) is 7.53. The zero-order valence-electron chi connectivity index (χ0n) is 12.4. The van der Waals surface area contributed by atoms with Gasteiger partial charge in [0.1, 0.15) is 0 Å². The maximum atomic E-state index is 11.4. The molecule has 5 nitrogen and oxygen atoms in total. The summed E-state index contributed by atoms with van der Waals surface area (Å²) in [6.45, 7) is 1.81. The van der Waals surface area contributed by atoms with Crippen molar-refractivity contribution in [2.75, 3.05) is 5.32 Å². The topological polar surface area (TPSA) is 68.0 Å². The highest BCUT2D eigenvalue weighted by Gasteiger charge is 2.10. The van der Waals surface area contributed by atoms with Crippen LogP contribution in [0.15, 0.2) is 53.1 Å². The van der Waals surface area contributed by atoms with Gasteiger partial charge in [-0.15, -0.1) is 0 Å². The van der Waals surface area contributed by atoms with E-state index in [0.717, 1.165) is 16.8 Å². The zero-order chi connectivity index (χ0) is 16.2. The van der Waals surface area contributed by atoms with Gasteiger partial charge in [0.2, 0.25) is 11.7 Å². The summed E-state index contributed by atoms with van der Waals surface area (Å²) in [5.74, 6) is 0.893. The van der Waals surface area contributed by atoms with Crippen LogP contribution in [0.2, 0.25) is 5.02 Å². The van der Waals surface area contributed by atoms with Crippen LogP contribution < -0.4 is 5.32 Å². The molecule has 0 radical (unpaired) electrons. The lowest BCUT2D eigenvalue weighted by molar-refractivity contribution is -0.115. The summed E-state index contributed by atoms with van der Waals surface area (Å²) in [6, 6.07) is 14.5. The molecule has 116 valence electrons. The summed E-state index contributed by atoms with van der Waals surface area (Å²) < 4.78 is 5.30. The van der Waals surface area contributed by atoms with E-state index in [1.54, 1.807) is 31.2 Å². The Morgan fingerprint density at radius 3 is 2.39 bits per heavy atom. The number of hydrogen-bond donors (Lipinski definition) is 1. The molecule has 2 aromatic carbocycles. The van der Waals surface area contributed by atoms with Crippen LogP contribution in [0.3, 0.4) is 0 Å². The first-order valence-electron chi connectivity index (χ1n) is 7.15. The number of benzene rings is 2. The van der Waals surface area contributed by atoms with E-state index in [1.807, 2.05) is 24.3 Å². The third-order valence-electron chi connectivity index (χ3n) is 3.27. The second-order valence-corrected chi connectivity index (χ2v) is 5.35. The van der Waals surface area contributed by atoms with Crippen LogP contribution in [-0.2, 0) is 4.79 Å². The highest BCUT2D eigenvalue weighted by atomic mass is 35.5. The Balaban J connectivity index is 1.80. The Bertz CT molecular complexity index is 811. The summed E-state index contributed by atoms with van der Waals surface area (Å²) in [5.41, 5.74) is 2.35. The molecule has 0 saturated heterocycles. The smallest absolute Gasteiger partial charge is 0.258 e. The van der Waals surface area contributed by atoms with Crippen molar-refractivity contribution in [3.05, 3.63) is 53.6 Å². The van der Waals surface area contributed by atoms with Gasteiger partial charge in [-0.2, -0.15) is 4.98 Å². The minimum atomic E-state index is -0.0273. The predicted octanol–water partition coefficient (Wildman–Crippen LogP) is 4.41. The summed E-state index contributed by atoms with van der Waals surface area (Å²) >= 11 is 5.87. The van der Waals surface area contributed by atoms with Crippen molar-refractivity contribution in [1.82, 2.24) is 10.1 Å². The van der Waals surface area contributed by atoms with Gasteiger partial charge in [0.15, 0.2) is 0 Å². The molecule has 23 heavy (non-hydrogen) atoms. The van der Waals surface area contributed by atoms with E-state index in [9.17, 15) is 4.79 Å². The molecule has 0 aliphatic rings. The van der Waals surface area contributed by atoms with Crippen LogP contribution in [0.5, 0.6) is 0 Å². The number of halogens is 1. The molecule has 0 aliphatic heterocycles. The highest BCUT2D eigenvalue weighted by Crippen LogP contribution is 2.24. The number of carbonyl (C=O) groups is 1. The van der Waals surface area contributed by atoms with Gasteiger partial charge in [0.05, 0.1) is 0 Å². The molecule has 1 heterocycles. The lowest BCUT2D eigenvalue weighted by atomic mass is 10.2. The molecule has 0 atom stereocenters. The first-order chi connectivity index (χ1) is 11.2. The summed E-state index contributed by atoms with van der Waals surface area (Å²) in [6.07, 6.45) is 0.440. The average molecular weight is 328 g/mol. The van der Waals surface area contributed by atoms with E-state index in [2.05, 4.69) is 15.5 Å². The molecule has 6 heteroatoms. The fraction of sp³-hybridized carbons (Fsp3) is 0.118. The number of amides is 1. The molecule has 1 aromatic heterocycles. The molecule has 3 aromatic rings. The Hall–Kier alpha value is -2.66. The van der Waals surface area contributed by atoms with Gasteiger partial charge in [-0.05, 0) is 48.5 Å². The van der Waals surface area contributed by atoms with Gasteiger partial charge in [0.25, 0.3) is 5.89 Å². The summed E-state index contributed by atoms with van der Waals surface area (Å²) in [7, 11) is 0. The van der Waals surface area contributed by atoms with Gasteiger partial charge >= 0.3 is 0 Å². The second kappa shape index (κ2) is 6.62. The van der Waals surface area contributed by atoms with Crippen LogP contribution in [0.4, 0.5) is 5.69 Å². The lowest BCUT2D eigenvalue weighted by Gasteiger charge is -2.03. The standard InChI is InChI=1S/C17H14ClN3O2/c1-2-15(22)19-14-9-5-12(6-10-14)17-20-16(21-23-17)11-3-7-13(18)8-4-11/h3-10H,2H2,1H3,(H,19,22). The van der Waals surface area contributed by atoms with Crippen molar-refractivity contribution >= 4 is 23.2 Å². The van der Waals surface area contributed by atoms with Crippen molar-refractivity contribution in [2.24, 2.45) is 0 Å². The van der Waals surface area contributed by atoms with Crippen LogP contribution in [-0.4, -0.2) is 16.0 Å². The van der Waals surface area contributed by atoms with Crippen molar-refractivity contribution in [1.29, 1.82) is 0 Å². The zero-order valence-corrected chi connectivity index (χ0v) is 13.2. The second-order valence-electron chi connectivity index (χ2n) is 4.91. The molecule has 0 aliphatic carbocycles. The molecule has 0 bridgehead atoms. The molecule has 1 N–H and O–H groups in total. The number of aromatic nitrogens is 2. The quantitative estimate of drug-likeness (QED) is 0.771. The van der Waals surface area contributed by atoms with E-state index in [0.29, 0.717) is 23.2 Å². The van der Waals surface area contributed by atoms with E-state index in [4.69, 9.17) is 16.1 Å². The molecule has 1 amide bonds.